The first-order valence-electron chi connectivity index (χ1n) is 17.2. The maximum atomic E-state index is 14.0. The number of hydrogen-bond donors (Lipinski definition) is 1. The summed E-state index contributed by atoms with van der Waals surface area (Å²) in [6.07, 6.45) is 2.90. The summed E-state index contributed by atoms with van der Waals surface area (Å²) in [5.41, 5.74) is 4.35. The van der Waals surface area contributed by atoms with Crippen LogP contribution in [0.4, 0.5) is 11.6 Å². The van der Waals surface area contributed by atoms with Gasteiger partial charge in [-0.15, -0.1) is 12.4 Å². The Morgan fingerprint density at radius 3 is 2.51 bits per heavy atom. The van der Waals surface area contributed by atoms with Gasteiger partial charge in [0.05, 0.1) is 30.3 Å². The van der Waals surface area contributed by atoms with Crippen LogP contribution in [0.1, 0.15) is 49.0 Å². The van der Waals surface area contributed by atoms with Crippen LogP contribution in [0.25, 0.3) is 11.0 Å². The summed E-state index contributed by atoms with van der Waals surface area (Å²) in [5, 5.41) is 2.80. The first kappa shape index (κ1) is 36.2. The van der Waals surface area contributed by atoms with Gasteiger partial charge in [0.25, 0.3) is 5.91 Å². The van der Waals surface area contributed by atoms with Crippen LogP contribution < -0.4 is 15.0 Å². The lowest BCUT2D eigenvalue weighted by Gasteiger charge is -2.33. The third kappa shape index (κ3) is 8.20. The van der Waals surface area contributed by atoms with Crippen molar-refractivity contribution in [3.63, 3.8) is 0 Å². The lowest BCUT2D eigenvalue weighted by molar-refractivity contribution is -0.114. The highest BCUT2D eigenvalue weighted by atomic mass is 35.5. The largest absolute Gasteiger partial charge is 0.496 e. The van der Waals surface area contributed by atoms with Crippen LogP contribution in [-0.4, -0.2) is 97.3 Å². The Hall–Kier alpha value is -4.12. The predicted octanol–water partition coefficient (Wildman–Crippen LogP) is 5.85. The number of nitrogens with zero attached hydrogens (tertiary/aromatic N) is 5. The molecule has 49 heavy (non-hydrogen) atoms. The molecular formula is C38H49ClN6O4. The fourth-order valence-corrected chi connectivity index (χ4v) is 7.34. The number of imidazole rings is 1. The molecule has 4 aromatic rings. The number of rotatable bonds is 12. The minimum absolute atomic E-state index is 0. The van der Waals surface area contributed by atoms with Gasteiger partial charge < -0.3 is 34.1 Å². The number of hydrogen-bond acceptors (Lipinski definition) is 7. The van der Waals surface area contributed by atoms with E-state index in [0.29, 0.717) is 43.3 Å². The molecule has 3 aromatic carbocycles. The number of amides is 2. The van der Waals surface area contributed by atoms with Crippen LogP contribution in [0.3, 0.4) is 0 Å². The molecule has 6 rings (SSSR count). The third-order valence-electron chi connectivity index (χ3n) is 9.85. The quantitative estimate of drug-likeness (QED) is 0.187. The number of methoxy groups -OCH3 is 1. The number of carbonyl (C=O) groups is 2. The third-order valence-corrected chi connectivity index (χ3v) is 9.85. The lowest BCUT2D eigenvalue weighted by Crippen LogP contribution is -2.39. The van der Waals surface area contributed by atoms with Crippen LogP contribution in [0, 0.1) is 0 Å². The summed E-state index contributed by atoms with van der Waals surface area (Å²) in [4.78, 5) is 37.7. The smallest absolute Gasteiger partial charge is 0.257 e. The zero-order valence-electron chi connectivity index (χ0n) is 28.9. The number of ether oxygens (including phenoxy) is 2. The van der Waals surface area contributed by atoms with E-state index in [-0.39, 0.29) is 29.6 Å². The van der Waals surface area contributed by atoms with Gasteiger partial charge >= 0.3 is 0 Å². The summed E-state index contributed by atoms with van der Waals surface area (Å²) in [5.74, 6) is 1.28. The number of fused-ring (bicyclic) bond motifs is 1. The number of likely N-dealkylation sites (tertiary alicyclic amines) is 1. The molecule has 1 N–H and O–H groups in total. The van der Waals surface area contributed by atoms with Crippen molar-refractivity contribution in [2.75, 3.05) is 76.4 Å². The zero-order chi connectivity index (χ0) is 33.5. The molecule has 0 radical (unpaired) electrons. The monoisotopic (exact) mass is 688 g/mol. The van der Waals surface area contributed by atoms with E-state index >= 15 is 0 Å². The topological polar surface area (TPSA) is 92.2 Å². The minimum Gasteiger partial charge on any atom is -0.496 e. The van der Waals surface area contributed by atoms with Gasteiger partial charge in [-0.05, 0) is 75.2 Å². The van der Waals surface area contributed by atoms with Crippen LogP contribution >= 0.6 is 12.4 Å². The second-order valence-electron chi connectivity index (χ2n) is 12.9. The van der Waals surface area contributed by atoms with Gasteiger partial charge in [-0.3, -0.25) is 9.59 Å². The summed E-state index contributed by atoms with van der Waals surface area (Å²) < 4.78 is 13.6. The molecule has 2 fully saturated rings. The molecule has 262 valence electrons. The van der Waals surface area contributed by atoms with E-state index in [2.05, 4.69) is 74.3 Å². The molecule has 0 aliphatic carbocycles. The van der Waals surface area contributed by atoms with Gasteiger partial charge in [0, 0.05) is 63.9 Å². The Bertz CT molecular complexity index is 1720. The van der Waals surface area contributed by atoms with Crippen molar-refractivity contribution in [2.45, 2.75) is 45.1 Å². The fraction of sp³-hybridized carbons (Fsp3) is 0.447. The van der Waals surface area contributed by atoms with Crippen molar-refractivity contribution >= 4 is 46.9 Å². The van der Waals surface area contributed by atoms with Crippen LogP contribution in [0.15, 0.2) is 72.8 Å². The summed E-state index contributed by atoms with van der Waals surface area (Å²) >= 11 is 0. The van der Waals surface area contributed by atoms with E-state index in [0.717, 1.165) is 75.5 Å². The number of para-hydroxylation sites is 2. The van der Waals surface area contributed by atoms with Gasteiger partial charge in [0.15, 0.2) is 0 Å². The number of benzene rings is 3. The molecule has 0 saturated carbocycles. The van der Waals surface area contributed by atoms with Crippen molar-refractivity contribution in [3.8, 4) is 5.75 Å². The Morgan fingerprint density at radius 2 is 1.73 bits per heavy atom. The van der Waals surface area contributed by atoms with Gasteiger partial charge in [-0.2, -0.15) is 0 Å². The highest BCUT2D eigenvalue weighted by molar-refractivity contribution is 5.99. The van der Waals surface area contributed by atoms with Gasteiger partial charge in [-0.1, -0.05) is 42.5 Å². The second-order valence-corrected chi connectivity index (χ2v) is 12.9. The van der Waals surface area contributed by atoms with Gasteiger partial charge in [0.1, 0.15) is 5.75 Å². The average molecular weight is 689 g/mol. The molecule has 2 saturated heterocycles. The van der Waals surface area contributed by atoms with Gasteiger partial charge in [-0.25, -0.2) is 4.98 Å². The average Bonchev–Trinajstić information content (AvgIpc) is 3.62. The van der Waals surface area contributed by atoms with Crippen molar-refractivity contribution < 1.29 is 19.1 Å². The van der Waals surface area contributed by atoms with Crippen molar-refractivity contribution in [2.24, 2.45) is 0 Å². The Balaban J connectivity index is 0.00000468. The summed E-state index contributed by atoms with van der Waals surface area (Å²) in [6, 6.07) is 24.3. The van der Waals surface area contributed by atoms with E-state index in [1.807, 2.05) is 11.8 Å². The second kappa shape index (κ2) is 16.5. The van der Waals surface area contributed by atoms with Crippen molar-refractivity contribution in [1.29, 1.82) is 0 Å². The maximum absolute atomic E-state index is 14.0. The number of anilines is 2. The molecule has 2 aliphatic rings. The molecule has 1 atom stereocenters. The van der Waals surface area contributed by atoms with E-state index in [4.69, 9.17) is 14.5 Å². The number of nitrogens with one attached hydrogen (secondary N) is 1. The van der Waals surface area contributed by atoms with E-state index < -0.39 is 0 Å². The Kier molecular flexibility index (Phi) is 12.2. The first-order chi connectivity index (χ1) is 23.4. The maximum Gasteiger partial charge on any atom is 0.257 e. The molecule has 10 nitrogen and oxygen atoms in total. The predicted molar refractivity (Wildman–Crippen MR) is 197 cm³/mol. The number of carbonyl (C=O) groups excluding carboxylic acids is 2. The molecule has 1 aromatic heterocycles. The van der Waals surface area contributed by atoms with Gasteiger partial charge in [0.2, 0.25) is 11.9 Å². The molecule has 11 heteroatoms. The SMILES string of the molecule is CCOCCn1c(N2CCCN(CCC3(c4ccccc4)CCN(C(=O)c4cc(NC(C)=O)ccc4OC)C3)CC2)nc2ccccc21.Cl. The van der Waals surface area contributed by atoms with E-state index in [1.165, 1.54) is 12.5 Å². The Labute approximate surface area is 295 Å². The normalized spacial score (nSPS) is 18.3. The number of aromatic nitrogens is 2. The number of halogens is 1. The fourth-order valence-electron chi connectivity index (χ4n) is 7.34. The molecular weight excluding hydrogens is 640 g/mol. The molecule has 1 unspecified atom stereocenters. The summed E-state index contributed by atoms with van der Waals surface area (Å²) in [7, 11) is 1.57. The highest BCUT2D eigenvalue weighted by Crippen LogP contribution is 2.39. The van der Waals surface area contributed by atoms with Crippen molar-refractivity contribution in [3.05, 3.63) is 83.9 Å². The minimum atomic E-state index is -0.181. The molecule has 3 heterocycles. The molecule has 0 spiro atoms. The van der Waals surface area contributed by atoms with Crippen LogP contribution in [0.5, 0.6) is 5.75 Å². The molecule has 2 amide bonds. The Morgan fingerprint density at radius 1 is 0.939 bits per heavy atom. The van der Waals surface area contributed by atoms with E-state index in [1.54, 1.807) is 25.3 Å². The standard InChI is InChI=1S/C38H48N6O4.ClH/c1-4-48-26-25-44-34-14-9-8-13-33(34)40-37(44)42-20-10-19-41(23-24-42)21-17-38(30-11-6-5-7-12-30)18-22-43(28-38)36(46)32-27-31(39-29(2)45)15-16-35(32)47-3;/h5-9,11-16,27H,4,10,17-26,28H2,1-3H3,(H,39,45);1H. The molecule has 2 aliphatic heterocycles. The van der Waals surface area contributed by atoms with Crippen LogP contribution in [0.2, 0.25) is 0 Å². The zero-order valence-corrected chi connectivity index (χ0v) is 29.7. The van der Waals surface area contributed by atoms with Crippen LogP contribution in [-0.2, 0) is 21.5 Å². The first-order valence-corrected chi connectivity index (χ1v) is 17.2. The van der Waals surface area contributed by atoms with Crippen molar-refractivity contribution in [1.82, 2.24) is 19.4 Å². The highest BCUT2D eigenvalue weighted by Gasteiger charge is 2.42. The summed E-state index contributed by atoms with van der Waals surface area (Å²) in [6.45, 7) is 11.7. The van der Waals surface area contributed by atoms with E-state index in [9.17, 15) is 9.59 Å². The lowest BCUT2D eigenvalue weighted by atomic mass is 9.76. The molecule has 0 bridgehead atoms.